The number of aryl methyl sites for hydroxylation is 1. The number of nitrogens with one attached hydrogen (secondary N) is 1. The number of ether oxygens (including phenoxy) is 2. The molecule has 0 bridgehead atoms. The summed E-state index contributed by atoms with van der Waals surface area (Å²) in [6.45, 7) is 6.68. The fourth-order valence-electron chi connectivity index (χ4n) is 2.78. The first-order valence-electron chi connectivity index (χ1n) is 9.32. The van der Waals surface area contributed by atoms with Gasteiger partial charge in [0.15, 0.2) is 11.5 Å². The molecule has 0 fully saturated rings. The van der Waals surface area contributed by atoms with Gasteiger partial charge in [-0.1, -0.05) is 18.2 Å². The second-order valence-corrected chi connectivity index (χ2v) is 6.14. The maximum absolute atomic E-state index is 12.5. The van der Waals surface area contributed by atoms with E-state index in [0.29, 0.717) is 47.7 Å². The molecule has 6 heteroatoms. The number of nitrogens with zero attached hydrogens (tertiary/aromatic N) is 1. The molecule has 0 aliphatic heterocycles. The molecule has 28 heavy (non-hydrogen) atoms. The summed E-state index contributed by atoms with van der Waals surface area (Å²) in [6, 6.07) is 15.0. The average Bonchev–Trinajstić information content (AvgIpc) is 3.05. The van der Waals surface area contributed by atoms with Gasteiger partial charge in [0.1, 0.15) is 5.76 Å². The van der Waals surface area contributed by atoms with Crippen molar-refractivity contribution < 1.29 is 18.7 Å². The molecule has 146 valence electrons. The highest BCUT2D eigenvalue weighted by Gasteiger charge is 2.15. The van der Waals surface area contributed by atoms with Gasteiger partial charge in [0.05, 0.1) is 25.3 Å². The van der Waals surface area contributed by atoms with E-state index < -0.39 is 0 Å². The predicted octanol–water partition coefficient (Wildman–Crippen LogP) is 4.63. The zero-order valence-electron chi connectivity index (χ0n) is 16.3. The summed E-state index contributed by atoms with van der Waals surface area (Å²) in [7, 11) is 0. The van der Waals surface area contributed by atoms with Gasteiger partial charge in [0, 0.05) is 17.3 Å². The monoisotopic (exact) mass is 380 g/mol. The molecule has 2 aromatic carbocycles. The van der Waals surface area contributed by atoms with E-state index in [4.69, 9.17) is 13.9 Å². The molecule has 0 atom stereocenters. The van der Waals surface area contributed by atoms with Crippen molar-refractivity contribution >= 4 is 11.6 Å². The van der Waals surface area contributed by atoms with Crippen LogP contribution in [0.2, 0.25) is 0 Å². The zero-order valence-corrected chi connectivity index (χ0v) is 16.3. The summed E-state index contributed by atoms with van der Waals surface area (Å²) in [5, 5.41) is 2.88. The fourth-order valence-corrected chi connectivity index (χ4v) is 2.78. The number of hydrogen-bond acceptors (Lipinski definition) is 5. The summed E-state index contributed by atoms with van der Waals surface area (Å²) in [5.41, 5.74) is 2.14. The van der Waals surface area contributed by atoms with Crippen LogP contribution in [0.5, 0.6) is 11.5 Å². The lowest BCUT2D eigenvalue weighted by atomic mass is 10.2. The molecule has 0 spiro atoms. The Balaban J connectivity index is 1.71. The highest BCUT2D eigenvalue weighted by Crippen LogP contribution is 2.30. The Hall–Kier alpha value is -3.28. The van der Waals surface area contributed by atoms with Crippen molar-refractivity contribution in [3.05, 3.63) is 60.0 Å². The Morgan fingerprint density at radius 1 is 1.04 bits per heavy atom. The SMILES string of the molecule is CCOc1ccc(NC(=O)Cc2nc(-c3ccccc3)oc2C)cc1OCC. The molecule has 0 saturated carbocycles. The average molecular weight is 380 g/mol. The Labute approximate surface area is 164 Å². The van der Waals surface area contributed by atoms with E-state index in [-0.39, 0.29) is 12.3 Å². The normalized spacial score (nSPS) is 10.5. The van der Waals surface area contributed by atoms with Gasteiger partial charge in [0.25, 0.3) is 0 Å². The van der Waals surface area contributed by atoms with Crippen molar-refractivity contribution in [2.75, 3.05) is 18.5 Å². The number of hydrogen-bond donors (Lipinski definition) is 1. The Bertz CT molecular complexity index is 935. The first-order valence-corrected chi connectivity index (χ1v) is 9.32. The second kappa shape index (κ2) is 9.08. The highest BCUT2D eigenvalue weighted by atomic mass is 16.5. The molecule has 0 aliphatic rings. The largest absolute Gasteiger partial charge is 0.490 e. The van der Waals surface area contributed by atoms with Gasteiger partial charge in [-0.05, 0) is 45.0 Å². The van der Waals surface area contributed by atoms with Crippen molar-refractivity contribution in [2.45, 2.75) is 27.2 Å². The first-order chi connectivity index (χ1) is 13.6. The second-order valence-electron chi connectivity index (χ2n) is 6.14. The molecule has 1 N–H and O–H groups in total. The Kier molecular flexibility index (Phi) is 6.32. The molecule has 3 rings (SSSR count). The van der Waals surface area contributed by atoms with Gasteiger partial charge in [-0.15, -0.1) is 0 Å². The lowest BCUT2D eigenvalue weighted by Crippen LogP contribution is -2.15. The Morgan fingerprint density at radius 2 is 1.75 bits per heavy atom. The summed E-state index contributed by atoms with van der Waals surface area (Å²) in [6.07, 6.45) is 0.124. The number of amides is 1. The van der Waals surface area contributed by atoms with Crippen LogP contribution in [0, 0.1) is 6.92 Å². The van der Waals surface area contributed by atoms with E-state index in [1.165, 1.54) is 0 Å². The van der Waals surface area contributed by atoms with Crippen molar-refractivity contribution in [3.63, 3.8) is 0 Å². The molecular weight excluding hydrogens is 356 g/mol. The molecule has 3 aromatic rings. The summed E-state index contributed by atoms with van der Waals surface area (Å²) >= 11 is 0. The molecule has 0 aliphatic carbocycles. The summed E-state index contributed by atoms with van der Waals surface area (Å²) in [4.78, 5) is 17.0. The molecule has 6 nitrogen and oxygen atoms in total. The van der Waals surface area contributed by atoms with Crippen molar-refractivity contribution in [1.82, 2.24) is 4.98 Å². The summed E-state index contributed by atoms with van der Waals surface area (Å²) in [5.74, 6) is 2.23. The number of oxazole rings is 1. The number of anilines is 1. The van der Waals surface area contributed by atoms with E-state index in [9.17, 15) is 4.79 Å². The van der Waals surface area contributed by atoms with Gasteiger partial charge in [0.2, 0.25) is 11.8 Å². The smallest absolute Gasteiger partial charge is 0.230 e. The fraction of sp³-hybridized carbons (Fsp3) is 0.273. The highest BCUT2D eigenvalue weighted by molar-refractivity contribution is 5.92. The lowest BCUT2D eigenvalue weighted by Gasteiger charge is -2.13. The number of carbonyl (C=O) groups excluding carboxylic acids is 1. The van der Waals surface area contributed by atoms with E-state index in [0.717, 1.165) is 5.56 Å². The van der Waals surface area contributed by atoms with Crippen molar-refractivity contribution in [2.24, 2.45) is 0 Å². The maximum atomic E-state index is 12.5. The predicted molar refractivity (Wildman–Crippen MR) is 108 cm³/mol. The van der Waals surface area contributed by atoms with Gasteiger partial charge in [-0.25, -0.2) is 4.98 Å². The van der Waals surface area contributed by atoms with Crippen molar-refractivity contribution in [1.29, 1.82) is 0 Å². The van der Waals surface area contributed by atoms with Gasteiger partial charge < -0.3 is 19.2 Å². The molecule has 1 heterocycles. The molecule has 0 radical (unpaired) electrons. The molecule has 1 amide bonds. The van der Waals surface area contributed by atoms with Gasteiger partial charge >= 0.3 is 0 Å². The first kappa shape index (κ1) is 19.5. The van der Waals surface area contributed by atoms with E-state index in [2.05, 4.69) is 10.3 Å². The minimum Gasteiger partial charge on any atom is -0.490 e. The van der Waals surface area contributed by atoms with Crippen LogP contribution >= 0.6 is 0 Å². The number of rotatable bonds is 8. The lowest BCUT2D eigenvalue weighted by molar-refractivity contribution is -0.115. The molecular formula is C22H24N2O4. The third-order valence-electron chi connectivity index (χ3n) is 4.07. The van der Waals surface area contributed by atoms with Gasteiger partial charge in [-0.3, -0.25) is 4.79 Å². The minimum atomic E-state index is -0.178. The van der Waals surface area contributed by atoms with Crippen molar-refractivity contribution in [3.8, 4) is 23.0 Å². The topological polar surface area (TPSA) is 73.6 Å². The van der Waals surface area contributed by atoms with Crippen LogP contribution in [-0.2, 0) is 11.2 Å². The number of aromatic nitrogens is 1. The third kappa shape index (κ3) is 4.71. The van der Waals surface area contributed by atoms with E-state index in [1.807, 2.05) is 51.1 Å². The Morgan fingerprint density at radius 3 is 2.46 bits per heavy atom. The van der Waals surface area contributed by atoms with Crippen LogP contribution in [0.15, 0.2) is 52.9 Å². The van der Waals surface area contributed by atoms with E-state index >= 15 is 0 Å². The van der Waals surface area contributed by atoms with Crippen LogP contribution in [0.3, 0.4) is 0 Å². The minimum absolute atomic E-state index is 0.124. The maximum Gasteiger partial charge on any atom is 0.230 e. The third-order valence-corrected chi connectivity index (χ3v) is 4.07. The van der Waals surface area contributed by atoms with E-state index in [1.54, 1.807) is 18.2 Å². The quantitative estimate of drug-likeness (QED) is 0.617. The molecule has 0 saturated heterocycles. The van der Waals surface area contributed by atoms with Crippen LogP contribution in [0.4, 0.5) is 5.69 Å². The van der Waals surface area contributed by atoms with Crippen LogP contribution in [-0.4, -0.2) is 24.1 Å². The van der Waals surface area contributed by atoms with Gasteiger partial charge in [-0.2, -0.15) is 0 Å². The van der Waals surface area contributed by atoms with Crippen LogP contribution < -0.4 is 14.8 Å². The number of benzene rings is 2. The molecule has 0 unspecified atom stereocenters. The zero-order chi connectivity index (χ0) is 19.9. The van der Waals surface area contributed by atoms with Crippen LogP contribution in [0.25, 0.3) is 11.5 Å². The molecule has 1 aromatic heterocycles. The summed E-state index contributed by atoms with van der Waals surface area (Å²) < 4.78 is 16.9. The standard InChI is InChI=1S/C22H24N2O4/c1-4-26-19-12-11-17(13-20(19)27-5-2)23-21(25)14-18-15(3)28-22(24-18)16-9-7-6-8-10-16/h6-13H,4-5,14H2,1-3H3,(H,23,25). The van der Waals surface area contributed by atoms with Crippen LogP contribution in [0.1, 0.15) is 25.3 Å². The number of carbonyl (C=O) groups is 1.